The molecule has 150 valence electrons. The van der Waals surface area contributed by atoms with E-state index in [1.807, 2.05) is 11.8 Å². The summed E-state index contributed by atoms with van der Waals surface area (Å²) in [5, 5.41) is 3.08. The largest absolute Gasteiger partial charge is 0.416 e. The Morgan fingerprint density at radius 2 is 1.96 bits per heavy atom. The zero-order chi connectivity index (χ0) is 19.9. The summed E-state index contributed by atoms with van der Waals surface area (Å²) in [7, 11) is 0. The van der Waals surface area contributed by atoms with Gasteiger partial charge in [0.25, 0.3) is 0 Å². The standard InChI is InChI=1S/C19H28F3N5/c1-15(2)14-25-18(23)24-7-4-8-26-9-11-27(12-10-26)17-6-3-5-16(13-17)19(20,21)22/h3,5-6,13H,1,4,7-12,14H2,2H3,(H3,23,24,25). The molecule has 0 radical (unpaired) electrons. The maximum absolute atomic E-state index is 12.9. The van der Waals surface area contributed by atoms with Gasteiger partial charge in [0, 0.05) is 38.4 Å². The molecule has 1 saturated heterocycles. The minimum atomic E-state index is -4.31. The molecule has 0 amide bonds. The van der Waals surface area contributed by atoms with Gasteiger partial charge in [-0.05, 0) is 38.1 Å². The molecular weight excluding hydrogens is 355 g/mol. The molecule has 0 aromatic heterocycles. The van der Waals surface area contributed by atoms with Crippen molar-refractivity contribution in [3.63, 3.8) is 0 Å². The van der Waals surface area contributed by atoms with E-state index in [4.69, 9.17) is 5.73 Å². The second kappa shape index (κ2) is 9.64. The quantitative estimate of drug-likeness (QED) is 0.329. The Kier molecular flexibility index (Phi) is 7.53. The van der Waals surface area contributed by atoms with Crippen LogP contribution in [0.3, 0.4) is 0 Å². The Bertz CT molecular complexity index is 649. The summed E-state index contributed by atoms with van der Waals surface area (Å²) in [4.78, 5) is 8.48. The number of halogens is 3. The van der Waals surface area contributed by atoms with E-state index in [1.165, 1.54) is 12.1 Å². The van der Waals surface area contributed by atoms with Gasteiger partial charge < -0.3 is 16.0 Å². The van der Waals surface area contributed by atoms with Crippen LogP contribution in [-0.4, -0.2) is 56.7 Å². The third-order valence-corrected chi connectivity index (χ3v) is 4.39. The number of nitrogens with two attached hydrogens (primary N) is 1. The van der Waals surface area contributed by atoms with Crippen molar-refractivity contribution in [3.8, 4) is 0 Å². The molecule has 0 bridgehead atoms. The normalized spacial score (nSPS) is 16.4. The second-order valence-corrected chi connectivity index (χ2v) is 6.82. The van der Waals surface area contributed by atoms with Crippen LogP contribution in [0.2, 0.25) is 0 Å². The van der Waals surface area contributed by atoms with Gasteiger partial charge in [0.2, 0.25) is 0 Å². The number of nitrogens with one attached hydrogen (secondary N) is 1. The highest BCUT2D eigenvalue weighted by atomic mass is 19.4. The highest BCUT2D eigenvalue weighted by molar-refractivity contribution is 5.77. The van der Waals surface area contributed by atoms with E-state index in [2.05, 4.69) is 21.8 Å². The lowest BCUT2D eigenvalue weighted by Crippen LogP contribution is -2.47. The third kappa shape index (κ3) is 7.13. The highest BCUT2D eigenvalue weighted by Crippen LogP contribution is 2.31. The number of hydrogen-bond donors (Lipinski definition) is 2. The van der Waals surface area contributed by atoms with Gasteiger partial charge in [-0.25, -0.2) is 4.99 Å². The average molecular weight is 383 g/mol. The van der Waals surface area contributed by atoms with Crippen LogP contribution in [0.15, 0.2) is 41.4 Å². The van der Waals surface area contributed by atoms with Crippen LogP contribution in [0.25, 0.3) is 0 Å². The fraction of sp³-hybridized carbons (Fsp3) is 0.526. The van der Waals surface area contributed by atoms with Crippen molar-refractivity contribution < 1.29 is 13.2 Å². The molecule has 0 saturated carbocycles. The first-order valence-corrected chi connectivity index (χ1v) is 9.08. The van der Waals surface area contributed by atoms with Crippen LogP contribution < -0.4 is 16.0 Å². The molecule has 1 heterocycles. The third-order valence-electron chi connectivity index (χ3n) is 4.39. The number of guanidine groups is 1. The molecule has 1 aromatic carbocycles. The van der Waals surface area contributed by atoms with Gasteiger partial charge in [-0.2, -0.15) is 13.2 Å². The molecule has 3 N–H and O–H groups in total. The number of rotatable bonds is 7. The van der Waals surface area contributed by atoms with Gasteiger partial charge in [-0.1, -0.05) is 18.2 Å². The number of hydrogen-bond acceptors (Lipinski definition) is 3. The van der Waals surface area contributed by atoms with Gasteiger partial charge >= 0.3 is 6.18 Å². The molecule has 1 aliphatic rings. The van der Waals surface area contributed by atoms with Crippen LogP contribution in [0.5, 0.6) is 0 Å². The smallest absolute Gasteiger partial charge is 0.370 e. The molecule has 0 aliphatic carbocycles. The van der Waals surface area contributed by atoms with Crippen molar-refractivity contribution in [2.24, 2.45) is 10.7 Å². The van der Waals surface area contributed by atoms with E-state index in [1.54, 1.807) is 6.07 Å². The Balaban J connectivity index is 1.71. The van der Waals surface area contributed by atoms with E-state index in [-0.39, 0.29) is 0 Å². The van der Waals surface area contributed by atoms with E-state index in [0.717, 1.165) is 57.3 Å². The fourth-order valence-corrected chi connectivity index (χ4v) is 2.90. The van der Waals surface area contributed by atoms with Crippen molar-refractivity contribution in [2.75, 3.05) is 50.7 Å². The molecule has 0 unspecified atom stereocenters. The van der Waals surface area contributed by atoms with Crippen LogP contribution in [0, 0.1) is 0 Å². The van der Waals surface area contributed by atoms with Gasteiger partial charge in [0.1, 0.15) is 0 Å². The first kappa shape index (κ1) is 21.1. The van der Waals surface area contributed by atoms with Crippen molar-refractivity contribution in [1.29, 1.82) is 0 Å². The van der Waals surface area contributed by atoms with Gasteiger partial charge in [-0.15, -0.1) is 0 Å². The van der Waals surface area contributed by atoms with Crippen molar-refractivity contribution in [1.82, 2.24) is 10.2 Å². The number of piperazine rings is 1. The predicted molar refractivity (Wildman–Crippen MR) is 104 cm³/mol. The van der Waals surface area contributed by atoms with Crippen LogP contribution in [0.1, 0.15) is 18.9 Å². The van der Waals surface area contributed by atoms with E-state index in [0.29, 0.717) is 18.2 Å². The van der Waals surface area contributed by atoms with Crippen molar-refractivity contribution in [2.45, 2.75) is 19.5 Å². The molecule has 1 aliphatic heterocycles. The Labute approximate surface area is 158 Å². The maximum atomic E-state index is 12.9. The molecule has 1 fully saturated rings. The molecule has 5 nitrogen and oxygen atoms in total. The van der Waals surface area contributed by atoms with Gasteiger partial charge in [0.15, 0.2) is 5.96 Å². The number of aliphatic imine (C=N–C) groups is 1. The summed E-state index contributed by atoms with van der Waals surface area (Å²) < 4.78 is 38.6. The summed E-state index contributed by atoms with van der Waals surface area (Å²) in [5.41, 5.74) is 6.76. The lowest BCUT2D eigenvalue weighted by molar-refractivity contribution is -0.137. The van der Waals surface area contributed by atoms with E-state index < -0.39 is 11.7 Å². The molecule has 1 aromatic rings. The molecule has 8 heteroatoms. The highest BCUT2D eigenvalue weighted by Gasteiger charge is 2.31. The van der Waals surface area contributed by atoms with Crippen LogP contribution >= 0.6 is 0 Å². The van der Waals surface area contributed by atoms with Crippen molar-refractivity contribution in [3.05, 3.63) is 42.0 Å². The Morgan fingerprint density at radius 1 is 1.26 bits per heavy atom. The summed E-state index contributed by atoms with van der Waals surface area (Å²) in [6.07, 6.45) is -3.38. The monoisotopic (exact) mass is 383 g/mol. The lowest BCUT2D eigenvalue weighted by atomic mass is 10.1. The Hall–Kier alpha value is -2.22. The molecule has 27 heavy (non-hydrogen) atoms. The second-order valence-electron chi connectivity index (χ2n) is 6.82. The predicted octanol–water partition coefficient (Wildman–Crippen LogP) is 2.70. The zero-order valence-electron chi connectivity index (χ0n) is 15.7. The molecular formula is C19H28F3N5. The lowest BCUT2D eigenvalue weighted by Gasteiger charge is -2.36. The molecule has 0 spiro atoms. The summed E-state index contributed by atoms with van der Waals surface area (Å²) in [5.74, 6) is 0.423. The summed E-state index contributed by atoms with van der Waals surface area (Å²) in [6.45, 7) is 10.9. The number of anilines is 1. The molecule has 0 atom stereocenters. The minimum absolute atomic E-state index is 0.423. The topological polar surface area (TPSA) is 56.9 Å². The number of alkyl halides is 3. The summed E-state index contributed by atoms with van der Waals surface area (Å²) >= 11 is 0. The van der Waals surface area contributed by atoms with Crippen LogP contribution in [-0.2, 0) is 6.18 Å². The van der Waals surface area contributed by atoms with Crippen molar-refractivity contribution >= 4 is 11.6 Å². The first-order chi connectivity index (χ1) is 12.8. The SMILES string of the molecule is C=C(C)CN=C(N)NCCCN1CCN(c2cccc(C(F)(F)F)c2)CC1. The minimum Gasteiger partial charge on any atom is -0.370 e. The van der Waals surface area contributed by atoms with E-state index >= 15 is 0 Å². The molecule has 2 rings (SSSR count). The van der Waals surface area contributed by atoms with Gasteiger partial charge in [0.05, 0.1) is 12.1 Å². The Morgan fingerprint density at radius 3 is 2.59 bits per heavy atom. The fourth-order valence-electron chi connectivity index (χ4n) is 2.90. The van der Waals surface area contributed by atoms with Gasteiger partial charge in [-0.3, -0.25) is 4.90 Å². The first-order valence-electron chi connectivity index (χ1n) is 9.08. The zero-order valence-corrected chi connectivity index (χ0v) is 15.7. The number of benzene rings is 1. The number of nitrogens with zero attached hydrogens (tertiary/aromatic N) is 3. The average Bonchev–Trinajstić information content (AvgIpc) is 2.63. The summed E-state index contributed by atoms with van der Waals surface area (Å²) in [6, 6.07) is 5.54. The maximum Gasteiger partial charge on any atom is 0.416 e. The van der Waals surface area contributed by atoms with Crippen LogP contribution in [0.4, 0.5) is 18.9 Å². The van der Waals surface area contributed by atoms with E-state index in [9.17, 15) is 13.2 Å².